The SMILES string of the molecule is CCNc1nc(NCCc2ccco2)nc(N(C)C)n1. The molecule has 0 radical (unpaired) electrons. The average molecular weight is 276 g/mol. The summed E-state index contributed by atoms with van der Waals surface area (Å²) in [5, 5.41) is 6.29. The summed E-state index contributed by atoms with van der Waals surface area (Å²) in [6, 6.07) is 3.83. The fourth-order valence-electron chi connectivity index (χ4n) is 1.63. The maximum atomic E-state index is 5.28. The van der Waals surface area contributed by atoms with Crippen LogP contribution in [-0.2, 0) is 6.42 Å². The second kappa shape index (κ2) is 6.74. The molecule has 7 nitrogen and oxygen atoms in total. The summed E-state index contributed by atoms with van der Waals surface area (Å²) < 4.78 is 5.28. The van der Waals surface area contributed by atoms with Gasteiger partial charge in [0.1, 0.15) is 5.76 Å². The lowest BCUT2D eigenvalue weighted by Gasteiger charge is -2.13. The molecule has 2 heterocycles. The molecule has 0 atom stereocenters. The highest BCUT2D eigenvalue weighted by Gasteiger charge is 2.07. The third-order valence-corrected chi connectivity index (χ3v) is 2.59. The van der Waals surface area contributed by atoms with Crippen LogP contribution in [0.25, 0.3) is 0 Å². The summed E-state index contributed by atoms with van der Waals surface area (Å²) in [4.78, 5) is 14.8. The van der Waals surface area contributed by atoms with Crippen molar-refractivity contribution in [2.24, 2.45) is 0 Å². The number of hydrogen-bond acceptors (Lipinski definition) is 7. The van der Waals surface area contributed by atoms with Crippen molar-refractivity contribution in [3.8, 4) is 0 Å². The molecule has 0 saturated heterocycles. The Balaban J connectivity index is 2.01. The highest BCUT2D eigenvalue weighted by molar-refractivity contribution is 5.42. The standard InChI is InChI=1S/C13H20N6O/c1-4-14-11-16-12(18-13(17-11)19(2)3)15-8-7-10-6-5-9-20-10/h5-6,9H,4,7-8H2,1-3H3,(H2,14,15,16,17,18). The van der Waals surface area contributed by atoms with Crippen molar-refractivity contribution in [2.75, 3.05) is 42.7 Å². The summed E-state index contributed by atoms with van der Waals surface area (Å²) >= 11 is 0. The number of anilines is 3. The van der Waals surface area contributed by atoms with Crippen LogP contribution in [0.15, 0.2) is 22.8 Å². The summed E-state index contributed by atoms with van der Waals surface area (Å²) in [6.07, 6.45) is 2.46. The van der Waals surface area contributed by atoms with Gasteiger partial charge in [-0.1, -0.05) is 0 Å². The van der Waals surface area contributed by atoms with Crippen molar-refractivity contribution in [3.05, 3.63) is 24.2 Å². The highest BCUT2D eigenvalue weighted by atomic mass is 16.3. The first-order valence-corrected chi connectivity index (χ1v) is 6.62. The molecule has 2 aromatic heterocycles. The van der Waals surface area contributed by atoms with Crippen LogP contribution in [0.2, 0.25) is 0 Å². The van der Waals surface area contributed by atoms with Crippen LogP contribution >= 0.6 is 0 Å². The third-order valence-electron chi connectivity index (χ3n) is 2.59. The quantitative estimate of drug-likeness (QED) is 0.795. The fourth-order valence-corrected chi connectivity index (χ4v) is 1.63. The van der Waals surface area contributed by atoms with E-state index in [0.717, 1.165) is 18.7 Å². The first-order chi connectivity index (χ1) is 9.69. The average Bonchev–Trinajstić information content (AvgIpc) is 2.92. The Kier molecular flexibility index (Phi) is 4.75. The Bertz CT molecular complexity index is 526. The van der Waals surface area contributed by atoms with E-state index in [2.05, 4.69) is 25.6 Å². The van der Waals surface area contributed by atoms with Crippen molar-refractivity contribution >= 4 is 17.8 Å². The Morgan fingerprint density at radius 1 is 1.15 bits per heavy atom. The van der Waals surface area contributed by atoms with E-state index in [1.165, 1.54) is 0 Å². The second-order valence-electron chi connectivity index (χ2n) is 4.46. The largest absolute Gasteiger partial charge is 0.469 e. The van der Waals surface area contributed by atoms with Crippen LogP contribution in [0.3, 0.4) is 0 Å². The molecule has 0 aliphatic carbocycles. The maximum Gasteiger partial charge on any atom is 0.231 e. The summed E-state index contributed by atoms with van der Waals surface area (Å²) in [5.41, 5.74) is 0. The lowest BCUT2D eigenvalue weighted by atomic mass is 10.3. The Morgan fingerprint density at radius 3 is 2.50 bits per heavy atom. The van der Waals surface area contributed by atoms with E-state index in [-0.39, 0.29) is 0 Å². The molecule has 0 aromatic carbocycles. The second-order valence-corrected chi connectivity index (χ2v) is 4.46. The van der Waals surface area contributed by atoms with Gasteiger partial charge in [-0.25, -0.2) is 0 Å². The normalized spacial score (nSPS) is 10.3. The number of nitrogens with one attached hydrogen (secondary N) is 2. The predicted octanol–water partition coefficient (Wildman–Crippen LogP) is 1.62. The third kappa shape index (κ3) is 3.84. The van der Waals surface area contributed by atoms with Crippen molar-refractivity contribution < 1.29 is 4.42 Å². The van der Waals surface area contributed by atoms with Crippen LogP contribution in [0.1, 0.15) is 12.7 Å². The minimum Gasteiger partial charge on any atom is -0.469 e. The zero-order chi connectivity index (χ0) is 14.4. The van der Waals surface area contributed by atoms with Gasteiger partial charge in [0.2, 0.25) is 17.8 Å². The van der Waals surface area contributed by atoms with Crippen molar-refractivity contribution in [3.63, 3.8) is 0 Å². The lowest BCUT2D eigenvalue weighted by molar-refractivity contribution is 0.512. The van der Waals surface area contributed by atoms with Crippen molar-refractivity contribution in [1.82, 2.24) is 15.0 Å². The van der Waals surface area contributed by atoms with Gasteiger partial charge >= 0.3 is 0 Å². The van der Waals surface area contributed by atoms with E-state index in [1.54, 1.807) is 6.26 Å². The monoisotopic (exact) mass is 276 g/mol. The lowest BCUT2D eigenvalue weighted by Crippen LogP contribution is -2.17. The van der Waals surface area contributed by atoms with Gasteiger partial charge < -0.3 is 20.0 Å². The van der Waals surface area contributed by atoms with Crippen LogP contribution < -0.4 is 15.5 Å². The zero-order valence-electron chi connectivity index (χ0n) is 12.1. The van der Waals surface area contributed by atoms with E-state index in [1.807, 2.05) is 38.1 Å². The molecule has 0 bridgehead atoms. The molecular formula is C13H20N6O. The summed E-state index contributed by atoms with van der Waals surface area (Å²) in [6.45, 7) is 3.47. The van der Waals surface area contributed by atoms with E-state index in [0.29, 0.717) is 24.4 Å². The number of nitrogens with zero attached hydrogens (tertiary/aromatic N) is 4. The van der Waals surface area contributed by atoms with Gasteiger partial charge in [-0.3, -0.25) is 0 Å². The van der Waals surface area contributed by atoms with Crippen molar-refractivity contribution in [2.45, 2.75) is 13.3 Å². The molecule has 0 spiro atoms. The molecule has 0 saturated carbocycles. The van der Waals surface area contributed by atoms with Gasteiger partial charge in [-0.2, -0.15) is 15.0 Å². The Labute approximate surface area is 118 Å². The molecule has 0 fully saturated rings. The zero-order valence-corrected chi connectivity index (χ0v) is 12.1. The maximum absolute atomic E-state index is 5.28. The van der Waals surface area contributed by atoms with Crippen LogP contribution in [-0.4, -0.2) is 42.1 Å². The summed E-state index contributed by atoms with van der Waals surface area (Å²) in [7, 11) is 3.80. The van der Waals surface area contributed by atoms with E-state index < -0.39 is 0 Å². The van der Waals surface area contributed by atoms with Crippen molar-refractivity contribution in [1.29, 1.82) is 0 Å². The topological polar surface area (TPSA) is 79.1 Å². The van der Waals surface area contributed by atoms with Crippen LogP contribution in [0.5, 0.6) is 0 Å². The fraction of sp³-hybridized carbons (Fsp3) is 0.462. The first kappa shape index (κ1) is 14.1. The van der Waals surface area contributed by atoms with Crippen LogP contribution in [0.4, 0.5) is 17.8 Å². The van der Waals surface area contributed by atoms with E-state index in [4.69, 9.17) is 4.42 Å². The van der Waals surface area contributed by atoms with Gasteiger partial charge in [0.15, 0.2) is 0 Å². The number of aromatic nitrogens is 3. The molecule has 108 valence electrons. The first-order valence-electron chi connectivity index (χ1n) is 6.62. The molecule has 0 amide bonds. The van der Waals surface area contributed by atoms with Crippen LogP contribution in [0, 0.1) is 0 Å². The molecule has 0 unspecified atom stereocenters. The number of rotatable bonds is 7. The molecule has 2 aromatic rings. The molecule has 7 heteroatoms. The molecule has 2 N–H and O–H groups in total. The van der Waals surface area contributed by atoms with Gasteiger partial charge in [-0.15, -0.1) is 0 Å². The highest BCUT2D eigenvalue weighted by Crippen LogP contribution is 2.11. The molecule has 0 aliphatic rings. The van der Waals surface area contributed by atoms with Gasteiger partial charge in [0, 0.05) is 33.6 Å². The summed E-state index contributed by atoms with van der Waals surface area (Å²) in [5.74, 6) is 2.70. The van der Waals surface area contributed by atoms with Gasteiger partial charge in [-0.05, 0) is 19.1 Å². The Morgan fingerprint density at radius 2 is 1.90 bits per heavy atom. The molecule has 20 heavy (non-hydrogen) atoms. The number of hydrogen-bond donors (Lipinski definition) is 2. The molecular weight excluding hydrogens is 256 g/mol. The minimum atomic E-state index is 0.561. The Hall–Kier alpha value is -2.31. The number of furan rings is 1. The molecule has 0 aliphatic heterocycles. The van der Waals surface area contributed by atoms with E-state index >= 15 is 0 Å². The van der Waals surface area contributed by atoms with E-state index in [9.17, 15) is 0 Å². The predicted molar refractivity (Wildman–Crippen MR) is 79.2 cm³/mol. The minimum absolute atomic E-state index is 0.561. The van der Waals surface area contributed by atoms with Gasteiger partial charge in [0.05, 0.1) is 6.26 Å². The molecule has 2 rings (SSSR count). The smallest absolute Gasteiger partial charge is 0.231 e. The van der Waals surface area contributed by atoms with Gasteiger partial charge in [0.25, 0.3) is 0 Å².